The van der Waals surface area contributed by atoms with Crippen LogP contribution >= 0.6 is 0 Å². The Morgan fingerprint density at radius 3 is 0.267 bits per heavy atom. The van der Waals surface area contributed by atoms with Crippen molar-refractivity contribution in [2.24, 2.45) is 35.5 Å². The van der Waals surface area contributed by atoms with E-state index in [1.165, 1.54) is 424 Å². The Morgan fingerprint density at radius 2 is 0.189 bits per heavy atom. The Hall–Kier alpha value is 0. The van der Waals surface area contributed by atoms with Crippen molar-refractivity contribution in [1.82, 2.24) is 0 Å². The molecule has 0 N–H and O–H groups in total. The maximum absolute atomic E-state index is 2.38. The molecule has 0 nitrogen and oxygen atoms in total. The van der Waals surface area contributed by atoms with Crippen LogP contribution in [0.4, 0.5) is 0 Å². The maximum atomic E-state index is 2.38. The third-order valence-electron chi connectivity index (χ3n) is 21.0. The first-order valence-corrected chi connectivity index (χ1v) is 43.8. The van der Waals surface area contributed by atoms with Crippen LogP contribution in [0.3, 0.4) is 0 Å². The molecule has 0 aliphatic carbocycles. The molecule has 90 heavy (non-hydrogen) atoms. The van der Waals surface area contributed by atoms with Crippen LogP contribution in [-0.2, 0) is 0 Å². The predicted molar refractivity (Wildman–Crippen MR) is 428 cm³/mol. The molecule has 0 saturated carbocycles. The van der Waals surface area contributed by atoms with Gasteiger partial charge in [0.2, 0.25) is 0 Å². The van der Waals surface area contributed by atoms with Gasteiger partial charge in [-0.05, 0) is 35.5 Å². The molecule has 0 rings (SSSR count). The molecule has 0 aromatic rings. The molecule has 0 radical (unpaired) electrons. The van der Waals surface area contributed by atoms with Crippen LogP contribution in [-0.4, -0.2) is 0 Å². The average molecular weight is 1270 g/mol. The molecule has 0 spiro atoms. The van der Waals surface area contributed by atoms with Gasteiger partial charge >= 0.3 is 0 Å². The third-order valence-corrected chi connectivity index (χ3v) is 21.0. The van der Waals surface area contributed by atoms with E-state index in [0.717, 1.165) is 35.5 Å². The molecule has 0 saturated heterocycles. The molecule has 0 aliphatic heterocycles. The van der Waals surface area contributed by atoms with Crippen LogP contribution in [0.2, 0.25) is 0 Å². The molecule has 0 aromatic carbocycles. The first kappa shape index (κ1) is 101. The van der Waals surface area contributed by atoms with Crippen molar-refractivity contribution >= 4 is 0 Å². The molecule has 0 aliphatic rings. The second-order valence-corrected chi connectivity index (χ2v) is 30.8. The summed E-state index contributed by atoms with van der Waals surface area (Å²) in [6, 6.07) is 0. The van der Waals surface area contributed by atoms with E-state index in [4.69, 9.17) is 0 Å². The van der Waals surface area contributed by atoms with Crippen molar-refractivity contribution in [2.75, 3.05) is 0 Å². The van der Waals surface area contributed by atoms with E-state index in [1.54, 1.807) is 0 Å². The van der Waals surface area contributed by atoms with Crippen LogP contribution in [0.25, 0.3) is 0 Å². The first-order chi connectivity index (χ1) is 43.8. The van der Waals surface area contributed by atoms with Crippen LogP contribution in [0.15, 0.2) is 0 Å². The fraction of sp³-hybridized carbons (Fsp3) is 1.00. The van der Waals surface area contributed by atoms with E-state index in [2.05, 4.69) is 125 Å². The smallest absolute Gasteiger partial charge is 0.0445 e. The maximum Gasteiger partial charge on any atom is -0.0445 e. The molecule has 0 heterocycles. The highest BCUT2D eigenvalue weighted by molar-refractivity contribution is 4.58. The van der Waals surface area contributed by atoms with E-state index < -0.39 is 0 Å². The van der Waals surface area contributed by atoms with Gasteiger partial charge in [0.05, 0.1) is 0 Å². The van der Waals surface area contributed by atoms with Gasteiger partial charge in [-0.25, -0.2) is 0 Å². The van der Waals surface area contributed by atoms with Crippen molar-refractivity contribution < 1.29 is 0 Å². The summed E-state index contributed by atoms with van der Waals surface area (Å²) in [6.45, 7) is 41.8. The van der Waals surface area contributed by atoms with Crippen LogP contribution < -0.4 is 0 Å². The Labute approximate surface area is 580 Å². The van der Waals surface area contributed by atoms with Gasteiger partial charge in [-0.2, -0.15) is 0 Å². The second-order valence-electron chi connectivity index (χ2n) is 30.8. The summed E-state index contributed by atoms with van der Waals surface area (Å²) in [5.41, 5.74) is 0. The minimum absolute atomic E-state index is 0.953. The summed E-state index contributed by atoms with van der Waals surface area (Å²) in [5.74, 6) is 5.72. The zero-order valence-corrected chi connectivity index (χ0v) is 68.1. The lowest BCUT2D eigenvalue weighted by Gasteiger charge is -2.07. The minimum Gasteiger partial charge on any atom is -0.0654 e. The highest BCUT2D eigenvalue weighted by Crippen LogP contribution is 2.21. The van der Waals surface area contributed by atoms with Crippen molar-refractivity contribution in [1.29, 1.82) is 0 Å². The van der Waals surface area contributed by atoms with Crippen molar-refractivity contribution in [3.05, 3.63) is 0 Å². The molecule has 0 fully saturated rings. The fourth-order valence-corrected chi connectivity index (χ4v) is 12.0. The van der Waals surface area contributed by atoms with E-state index in [9.17, 15) is 0 Å². The Kier molecular flexibility index (Phi) is 110. The van der Waals surface area contributed by atoms with E-state index in [-0.39, 0.29) is 0 Å². The predicted octanol–water partition coefficient (Wildman–Crippen LogP) is 35.7. The first-order valence-electron chi connectivity index (χ1n) is 43.8. The van der Waals surface area contributed by atoms with Gasteiger partial charge in [-0.1, -0.05) is 548 Å². The molecule has 0 aromatic heterocycles. The lowest BCUT2D eigenvalue weighted by molar-refractivity contribution is 0.469. The van der Waals surface area contributed by atoms with Crippen molar-refractivity contribution in [3.8, 4) is 0 Å². The molecule has 552 valence electrons. The molecule has 0 amide bonds. The number of hydrogen-bond acceptors (Lipinski definition) is 0. The van der Waals surface area contributed by atoms with Crippen molar-refractivity contribution in [2.45, 2.75) is 548 Å². The van der Waals surface area contributed by atoms with E-state index in [1.807, 2.05) is 0 Å². The molecule has 6 unspecified atom stereocenters. The van der Waals surface area contributed by atoms with Gasteiger partial charge in [0.15, 0.2) is 0 Å². The summed E-state index contributed by atoms with van der Waals surface area (Å²) in [5, 5.41) is 0. The highest BCUT2D eigenvalue weighted by Gasteiger charge is 2.04. The SMILES string of the molecule is CCCCCCCCCCC(C)CC.CCCCCCCCCCC(C)CC.CCCCCCCCCCCC(C)CC.CCCCCCCCCCCC(C)CC.CCCCCCCCCCCCC(C)CC.CCCCCCCCCCCCC(C)CC. The Balaban J connectivity index is -0.000000235. The van der Waals surface area contributed by atoms with Gasteiger partial charge in [0.1, 0.15) is 0 Å². The zero-order valence-electron chi connectivity index (χ0n) is 68.1. The molecular formula is C90H192. The van der Waals surface area contributed by atoms with Crippen molar-refractivity contribution in [3.63, 3.8) is 0 Å². The fourth-order valence-electron chi connectivity index (χ4n) is 12.0. The minimum atomic E-state index is 0.953. The largest absolute Gasteiger partial charge is 0.0654 e. The molecule has 0 heteroatoms. The standard InChI is InChI=1S/2C16H34.2C15H32.2C14H30/c2*1-4-6-7-8-9-10-11-12-13-14-15-16(3)5-2;2*1-4-6-7-8-9-10-11-12-13-14-15(3)5-2;2*1-4-6-7-8-9-10-11-12-13-14(3)5-2/h2*16H,4-15H2,1-3H3;2*15H,4-14H2,1-3H3;2*14H,4-13H2,1-3H3. The van der Waals surface area contributed by atoms with Gasteiger partial charge in [-0.15, -0.1) is 0 Å². The van der Waals surface area contributed by atoms with E-state index in [0.29, 0.717) is 0 Å². The number of hydrogen-bond donors (Lipinski definition) is 0. The zero-order chi connectivity index (χ0) is 68.1. The van der Waals surface area contributed by atoms with Crippen LogP contribution in [0.1, 0.15) is 548 Å². The van der Waals surface area contributed by atoms with Gasteiger partial charge in [-0.3, -0.25) is 0 Å². The average Bonchev–Trinajstić information content (AvgIpc) is 3.56. The molecule has 6 atom stereocenters. The number of unbranched alkanes of at least 4 members (excludes halogenated alkanes) is 48. The van der Waals surface area contributed by atoms with Crippen LogP contribution in [0, 0.1) is 35.5 Å². The Morgan fingerprint density at radius 1 is 0.111 bits per heavy atom. The Bertz CT molecular complexity index is 990. The summed E-state index contributed by atoms with van der Waals surface area (Å²) in [7, 11) is 0. The topological polar surface area (TPSA) is 0 Å². The van der Waals surface area contributed by atoms with Crippen LogP contribution in [0.5, 0.6) is 0 Å². The molecular weight excluding hydrogens is 1080 g/mol. The molecule has 0 bridgehead atoms. The van der Waals surface area contributed by atoms with Gasteiger partial charge < -0.3 is 0 Å². The summed E-state index contributed by atoms with van der Waals surface area (Å²) in [4.78, 5) is 0. The lowest BCUT2D eigenvalue weighted by Crippen LogP contribution is -1.91. The summed E-state index contributed by atoms with van der Waals surface area (Å²) >= 11 is 0. The quantitative estimate of drug-likeness (QED) is 0.0533. The summed E-state index contributed by atoms with van der Waals surface area (Å²) < 4.78 is 0. The number of rotatable bonds is 66. The lowest BCUT2D eigenvalue weighted by atomic mass is 9.99. The summed E-state index contributed by atoms with van der Waals surface area (Å²) in [6.07, 6.45) is 95.5. The van der Waals surface area contributed by atoms with Gasteiger partial charge in [0, 0.05) is 0 Å². The normalized spacial score (nSPS) is 13.0. The second kappa shape index (κ2) is 97.7. The highest BCUT2D eigenvalue weighted by atomic mass is 14.1. The van der Waals surface area contributed by atoms with E-state index >= 15 is 0 Å². The van der Waals surface area contributed by atoms with Gasteiger partial charge in [0.25, 0.3) is 0 Å². The third kappa shape index (κ3) is 109. The monoisotopic (exact) mass is 1270 g/mol.